The molecule has 0 amide bonds. The number of fused-ring (bicyclic) bond motifs is 1. The molecule has 0 radical (unpaired) electrons. The molecule has 3 rings (SSSR count). The number of carboxylic acids is 1. The monoisotopic (exact) mass is 300 g/mol. The molecule has 2 aromatic heterocycles. The highest BCUT2D eigenvalue weighted by molar-refractivity contribution is 7.20. The van der Waals surface area contributed by atoms with Crippen molar-refractivity contribution in [2.45, 2.75) is 26.8 Å². The molecule has 2 heterocycles. The Kier molecular flexibility index (Phi) is 3.51. The van der Waals surface area contributed by atoms with Crippen LogP contribution < -0.4 is 0 Å². The molecule has 0 aliphatic carbocycles. The van der Waals surface area contributed by atoms with Crippen LogP contribution in [0.3, 0.4) is 0 Å². The summed E-state index contributed by atoms with van der Waals surface area (Å²) in [4.78, 5) is 12.5. The summed E-state index contributed by atoms with van der Waals surface area (Å²) in [6, 6.07) is 9.93. The molecular formula is C16H16N2O2S. The van der Waals surface area contributed by atoms with Crippen molar-refractivity contribution in [3.63, 3.8) is 0 Å². The standard InChI is InChI=1S/C16H16N2O2S/c1-3-13-12-8-14(16(19)20)21-15(12)18(17-13)9-11-7-5-4-6-10(11)2/h4-8H,3,9H2,1-2H3,(H,19,20). The zero-order chi connectivity index (χ0) is 15.0. The van der Waals surface area contributed by atoms with E-state index in [9.17, 15) is 9.90 Å². The molecule has 3 aromatic rings. The van der Waals surface area contributed by atoms with Crippen molar-refractivity contribution in [3.8, 4) is 0 Å². The maximum atomic E-state index is 11.2. The minimum Gasteiger partial charge on any atom is -0.477 e. The van der Waals surface area contributed by atoms with E-state index in [2.05, 4.69) is 24.2 Å². The highest BCUT2D eigenvalue weighted by Crippen LogP contribution is 2.29. The molecule has 0 fully saturated rings. The molecule has 4 nitrogen and oxygen atoms in total. The number of thiophene rings is 1. The van der Waals surface area contributed by atoms with Gasteiger partial charge in [-0.1, -0.05) is 31.2 Å². The van der Waals surface area contributed by atoms with Gasteiger partial charge in [0.1, 0.15) is 9.71 Å². The number of nitrogens with zero attached hydrogens (tertiary/aromatic N) is 2. The van der Waals surface area contributed by atoms with Gasteiger partial charge in [-0.3, -0.25) is 4.68 Å². The first-order valence-electron chi connectivity index (χ1n) is 6.87. The third-order valence-electron chi connectivity index (χ3n) is 3.63. The lowest BCUT2D eigenvalue weighted by Crippen LogP contribution is -2.03. The Morgan fingerprint density at radius 2 is 2.14 bits per heavy atom. The van der Waals surface area contributed by atoms with Gasteiger partial charge in [0.2, 0.25) is 0 Å². The number of benzene rings is 1. The van der Waals surface area contributed by atoms with Crippen molar-refractivity contribution in [1.29, 1.82) is 0 Å². The summed E-state index contributed by atoms with van der Waals surface area (Å²) in [5, 5.41) is 14.8. The molecule has 0 atom stereocenters. The summed E-state index contributed by atoms with van der Waals surface area (Å²) in [5.41, 5.74) is 3.38. The Hall–Kier alpha value is -2.14. The van der Waals surface area contributed by atoms with Crippen LogP contribution in [0, 0.1) is 6.92 Å². The van der Waals surface area contributed by atoms with Gasteiger partial charge in [0.05, 0.1) is 12.2 Å². The molecule has 1 aromatic carbocycles. The number of hydrogen-bond donors (Lipinski definition) is 1. The molecule has 0 saturated heterocycles. The number of aromatic carboxylic acids is 1. The van der Waals surface area contributed by atoms with E-state index >= 15 is 0 Å². The van der Waals surface area contributed by atoms with Crippen molar-refractivity contribution >= 4 is 27.5 Å². The highest BCUT2D eigenvalue weighted by atomic mass is 32.1. The van der Waals surface area contributed by atoms with E-state index in [1.807, 2.05) is 23.7 Å². The molecule has 1 N–H and O–H groups in total. The van der Waals surface area contributed by atoms with E-state index < -0.39 is 5.97 Å². The molecule has 21 heavy (non-hydrogen) atoms. The summed E-state index contributed by atoms with van der Waals surface area (Å²) >= 11 is 1.29. The van der Waals surface area contributed by atoms with E-state index in [4.69, 9.17) is 0 Å². The molecule has 0 aliphatic rings. The Bertz CT molecular complexity index is 817. The third kappa shape index (κ3) is 2.45. The molecule has 0 aliphatic heterocycles. The van der Waals surface area contributed by atoms with Crippen LogP contribution in [0.1, 0.15) is 33.4 Å². The summed E-state index contributed by atoms with van der Waals surface area (Å²) in [7, 11) is 0. The average molecular weight is 300 g/mol. The van der Waals surface area contributed by atoms with E-state index in [1.54, 1.807) is 6.07 Å². The quantitative estimate of drug-likeness (QED) is 0.799. The van der Waals surface area contributed by atoms with Gasteiger partial charge in [-0.2, -0.15) is 5.10 Å². The normalized spacial score (nSPS) is 11.1. The molecule has 0 saturated carbocycles. The fourth-order valence-corrected chi connectivity index (χ4v) is 3.42. The van der Waals surface area contributed by atoms with Gasteiger partial charge in [0.15, 0.2) is 0 Å². The Morgan fingerprint density at radius 1 is 1.38 bits per heavy atom. The molecular weight excluding hydrogens is 284 g/mol. The molecule has 0 bridgehead atoms. The lowest BCUT2D eigenvalue weighted by molar-refractivity contribution is 0.0702. The summed E-state index contributed by atoms with van der Waals surface area (Å²) in [6.45, 7) is 4.79. The van der Waals surface area contributed by atoms with Gasteiger partial charge in [-0.15, -0.1) is 11.3 Å². The summed E-state index contributed by atoms with van der Waals surface area (Å²) in [6.07, 6.45) is 0.799. The highest BCUT2D eigenvalue weighted by Gasteiger charge is 2.17. The smallest absolute Gasteiger partial charge is 0.345 e. The molecule has 0 spiro atoms. The van der Waals surface area contributed by atoms with Crippen LogP contribution in [0.25, 0.3) is 10.2 Å². The van der Waals surface area contributed by atoms with Crippen LogP contribution in [-0.4, -0.2) is 20.9 Å². The number of hydrogen-bond acceptors (Lipinski definition) is 3. The second-order valence-corrected chi connectivity index (χ2v) is 6.05. The van der Waals surface area contributed by atoms with E-state index in [0.717, 1.165) is 22.3 Å². The lowest BCUT2D eigenvalue weighted by atomic mass is 10.1. The van der Waals surface area contributed by atoms with Crippen LogP contribution >= 0.6 is 11.3 Å². The number of carbonyl (C=O) groups is 1. The van der Waals surface area contributed by atoms with Crippen molar-refractivity contribution in [1.82, 2.24) is 9.78 Å². The van der Waals surface area contributed by atoms with Crippen LogP contribution in [0.4, 0.5) is 0 Å². The third-order valence-corrected chi connectivity index (χ3v) is 4.76. The fraction of sp³-hybridized carbons (Fsp3) is 0.250. The lowest BCUT2D eigenvalue weighted by Gasteiger charge is -2.06. The molecule has 5 heteroatoms. The van der Waals surface area contributed by atoms with Crippen molar-refractivity contribution in [2.24, 2.45) is 0 Å². The predicted molar refractivity (Wildman–Crippen MR) is 84.2 cm³/mol. The van der Waals surface area contributed by atoms with Gasteiger partial charge in [-0.25, -0.2) is 4.79 Å². The first-order valence-corrected chi connectivity index (χ1v) is 7.68. The number of aromatic nitrogens is 2. The SMILES string of the molecule is CCc1nn(Cc2ccccc2C)c2sc(C(=O)O)cc12. The van der Waals surface area contributed by atoms with E-state index in [0.29, 0.717) is 11.4 Å². The van der Waals surface area contributed by atoms with Crippen LogP contribution in [0.2, 0.25) is 0 Å². The molecule has 108 valence electrons. The minimum absolute atomic E-state index is 0.371. The first kappa shape index (κ1) is 13.8. The van der Waals surface area contributed by atoms with E-state index in [1.165, 1.54) is 22.5 Å². The predicted octanol–water partition coefficient (Wildman–Crippen LogP) is 3.72. The van der Waals surface area contributed by atoms with E-state index in [-0.39, 0.29) is 0 Å². The van der Waals surface area contributed by atoms with Crippen molar-refractivity contribution in [3.05, 3.63) is 52.0 Å². The number of aryl methyl sites for hydroxylation is 2. The second-order valence-electron chi connectivity index (χ2n) is 5.02. The van der Waals surface area contributed by atoms with Gasteiger partial charge in [-0.05, 0) is 30.5 Å². The maximum absolute atomic E-state index is 11.2. The number of rotatable bonds is 4. The fourth-order valence-electron chi connectivity index (χ4n) is 2.45. The first-order chi connectivity index (χ1) is 10.1. The summed E-state index contributed by atoms with van der Waals surface area (Å²) < 4.78 is 1.92. The maximum Gasteiger partial charge on any atom is 0.345 e. The Morgan fingerprint density at radius 3 is 2.81 bits per heavy atom. The van der Waals surface area contributed by atoms with Crippen LogP contribution in [0.15, 0.2) is 30.3 Å². The zero-order valence-electron chi connectivity index (χ0n) is 12.0. The zero-order valence-corrected chi connectivity index (χ0v) is 12.8. The van der Waals surface area contributed by atoms with Crippen LogP contribution in [-0.2, 0) is 13.0 Å². The Balaban J connectivity index is 2.09. The van der Waals surface area contributed by atoms with Gasteiger partial charge >= 0.3 is 5.97 Å². The van der Waals surface area contributed by atoms with Gasteiger partial charge < -0.3 is 5.11 Å². The average Bonchev–Trinajstić information content (AvgIpc) is 3.01. The van der Waals surface area contributed by atoms with Gasteiger partial charge in [0.25, 0.3) is 0 Å². The summed E-state index contributed by atoms with van der Waals surface area (Å²) in [5.74, 6) is -0.874. The largest absolute Gasteiger partial charge is 0.477 e. The van der Waals surface area contributed by atoms with Crippen molar-refractivity contribution in [2.75, 3.05) is 0 Å². The Labute approximate surface area is 126 Å². The second kappa shape index (κ2) is 5.33. The van der Waals surface area contributed by atoms with Gasteiger partial charge in [0, 0.05) is 5.39 Å². The topological polar surface area (TPSA) is 55.1 Å². The molecule has 0 unspecified atom stereocenters. The number of carboxylic acid groups (broad SMARTS) is 1. The van der Waals surface area contributed by atoms with Crippen molar-refractivity contribution < 1.29 is 9.90 Å². The van der Waals surface area contributed by atoms with Crippen LogP contribution in [0.5, 0.6) is 0 Å². The minimum atomic E-state index is -0.874.